The van der Waals surface area contributed by atoms with E-state index in [2.05, 4.69) is 41.2 Å². The van der Waals surface area contributed by atoms with Crippen molar-refractivity contribution >= 4 is 23.3 Å². The van der Waals surface area contributed by atoms with E-state index in [0.29, 0.717) is 24.1 Å². The summed E-state index contributed by atoms with van der Waals surface area (Å²) in [5, 5.41) is 12.5. The first-order valence-corrected chi connectivity index (χ1v) is 18.7. The number of ketones is 1. The molecule has 2 N–H and O–H groups in total. The molecule has 0 atom stereocenters. The summed E-state index contributed by atoms with van der Waals surface area (Å²) in [6.07, 6.45) is 6.61. The van der Waals surface area contributed by atoms with E-state index >= 15 is 0 Å². The number of hydrogen-bond donors (Lipinski definition) is 2. The van der Waals surface area contributed by atoms with Crippen molar-refractivity contribution in [2.75, 3.05) is 32.0 Å². The number of carbonyl (C=O) groups excluding carboxylic acids is 2. The number of imidazole rings is 2. The first kappa shape index (κ1) is 35.8. The molecule has 4 heterocycles. The number of nitrogens with zero attached hydrogens (tertiary/aromatic N) is 6. The largest absolute Gasteiger partial charge is 0.481 e. The summed E-state index contributed by atoms with van der Waals surface area (Å²) in [4.78, 5) is 52.9. The summed E-state index contributed by atoms with van der Waals surface area (Å²) >= 11 is 0. The van der Waals surface area contributed by atoms with Gasteiger partial charge in [0.05, 0.1) is 17.3 Å². The Balaban J connectivity index is 1.02. The van der Waals surface area contributed by atoms with E-state index in [4.69, 9.17) is 9.97 Å². The molecule has 0 bridgehead atoms. The maximum absolute atomic E-state index is 13.7. The second kappa shape index (κ2) is 14.8. The lowest BCUT2D eigenvalue weighted by atomic mass is 9.80. The van der Waals surface area contributed by atoms with Crippen LogP contribution in [0.4, 0.5) is 5.69 Å². The van der Waals surface area contributed by atoms with Gasteiger partial charge in [0.2, 0.25) is 5.78 Å². The number of Topliss-reactive ketones (excluding diaryl/α,β-unsaturated/α-hetero) is 1. The molecule has 1 fully saturated rings. The number of hydrogen-bond acceptors (Lipinski definition) is 7. The second-order valence-electron chi connectivity index (χ2n) is 15.3. The Hall–Kier alpha value is -4.61. The van der Waals surface area contributed by atoms with Gasteiger partial charge in [0.25, 0.3) is 5.91 Å². The average Bonchev–Trinajstić information content (AvgIpc) is 3.64. The van der Waals surface area contributed by atoms with Crippen molar-refractivity contribution in [3.05, 3.63) is 87.5 Å². The maximum atomic E-state index is 13.7. The number of nitrogens with one attached hydrogen (secondary N) is 1. The smallest absolute Gasteiger partial charge is 0.306 e. The Kier molecular flexibility index (Phi) is 10.2. The van der Waals surface area contributed by atoms with Crippen LogP contribution in [0.2, 0.25) is 0 Å². The number of fused-ring (bicyclic) bond motifs is 2. The highest BCUT2D eigenvalue weighted by Crippen LogP contribution is 2.34. The molecule has 11 nitrogen and oxygen atoms in total. The lowest BCUT2D eigenvalue weighted by Crippen LogP contribution is -2.33. The molecule has 0 radical (unpaired) electrons. The van der Waals surface area contributed by atoms with Crippen molar-refractivity contribution in [2.45, 2.75) is 78.3 Å². The fraction of sp³-hybridized carbons (Fsp3) is 0.488. The van der Waals surface area contributed by atoms with Gasteiger partial charge in [-0.2, -0.15) is 0 Å². The molecule has 11 heteroatoms. The van der Waals surface area contributed by atoms with Gasteiger partial charge in [0.15, 0.2) is 11.6 Å². The van der Waals surface area contributed by atoms with E-state index in [1.54, 1.807) is 0 Å². The summed E-state index contributed by atoms with van der Waals surface area (Å²) in [5.41, 5.74) is 9.93. The van der Waals surface area contributed by atoms with E-state index in [-0.39, 0.29) is 24.0 Å². The topological polar surface area (TPSA) is 126 Å². The van der Waals surface area contributed by atoms with Crippen LogP contribution >= 0.6 is 0 Å². The molecule has 0 unspecified atom stereocenters. The molecule has 0 spiro atoms. The first-order chi connectivity index (χ1) is 25.0. The number of anilines is 1. The molecular weight excluding hydrogens is 654 g/mol. The van der Waals surface area contributed by atoms with Crippen molar-refractivity contribution in [3.63, 3.8) is 0 Å². The molecule has 2 aliphatic heterocycles. The molecule has 274 valence electrons. The van der Waals surface area contributed by atoms with Crippen LogP contribution in [0, 0.1) is 25.7 Å². The fourth-order valence-corrected chi connectivity index (χ4v) is 8.61. The summed E-state index contributed by atoms with van der Waals surface area (Å²) in [6, 6.07) is 12.0. The van der Waals surface area contributed by atoms with Crippen LogP contribution < -0.4 is 5.32 Å². The molecule has 1 saturated carbocycles. The van der Waals surface area contributed by atoms with Crippen LogP contribution in [-0.4, -0.2) is 78.4 Å². The Bertz CT molecular complexity index is 2020. The quantitative estimate of drug-likeness (QED) is 0.200. The van der Waals surface area contributed by atoms with Crippen LogP contribution in [-0.2, 0) is 51.2 Å². The Morgan fingerprint density at radius 3 is 2.17 bits per heavy atom. The first-order valence-electron chi connectivity index (χ1n) is 18.7. The van der Waals surface area contributed by atoms with Crippen LogP contribution in [0.25, 0.3) is 11.1 Å². The number of carboxylic acid groups (broad SMARTS) is 1. The molecule has 2 aromatic heterocycles. The molecular formula is C41H51N7O4. The summed E-state index contributed by atoms with van der Waals surface area (Å²) in [6.45, 7) is 8.41. The Labute approximate surface area is 306 Å². The molecule has 4 aromatic rings. The molecule has 52 heavy (non-hydrogen) atoms. The number of rotatable bonds is 10. The highest BCUT2D eigenvalue weighted by atomic mass is 16.4. The third kappa shape index (κ3) is 7.08. The molecule has 1 aliphatic carbocycles. The van der Waals surface area contributed by atoms with E-state index in [9.17, 15) is 19.5 Å². The van der Waals surface area contributed by atoms with Crippen LogP contribution in [0.5, 0.6) is 0 Å². The number of aliphatic carboxylic acids is 1. The zero-order valence-electron chi connectivity index (χ0n) is 31.2. The molecule has 7 rings (SSSR count). The fourth-order valence-electron chi connectivity index (χ4n) is 8.61. The Morgan fingerprint density at radius 1 is 0.808 bits per heavy atom. The van der Waals surface area contributed by atoms with E-state index in [1.165, 1.54) is 0 Å². The SMILES string of the molecule is Cc1c(CC(=O)c2nc3c(n2C)CCN(C)C3)cccc1-c1cccc(NC(=O)c2nc3c(n2C)CCN(CCC2CCC(C(=O)O)CC2)C3)c1C. The van der Waals surface area contributed by atoms with Crippen LogP contribution in [0.15, 0.2) is 36.4 Å². The van der Waals surface area contributed by atoms with E-state index in [1.807, 2.05) is 54.4 Å². The lowest BCUT2D eigenvalue weighted by molar-refractivity contribution is -0.143. The zero-order valence-corrected chi connectivity index (χ0v) is 31.2. The van der Waals surface area contributed by atoms with E-state index < -0.39 is 5.97 Å². The van der Waals surface area contributed by atoms with Gasteiger partial charge in [-0.25, -0.2) is 9.97 Å². The third-order valence-electron chi connectivity index (χ3n) is 12.0. The number of likely N-dealkylation sites (N-methyl/N-ethyl adjacent to an activating group) is 1. The molecule has 1 amide bonds. The monoisotopic (exact) mass is 705 g/mol. The molecule has 3 aliphatic rings. The van der Waals surface area contributed by atoms with Gasteiger partial charge in [0.1, 0.15) is 0 Å². The second-order valence-corrected chi connectivity index (χ2v) is 15.3. The normalized spacial score (nSPS) is 19.2. The predicted molar refractivity (Wildman–Crippen MR) is 200 cm³/mol. The average molecular weight is 706 g/mol. The van der Waals surface area contributed by atoms with Gasteiger partial charge in [-0.15, -0.1) is 0 Å². The summed E-state index contributed by atoms with van der Waals surface area (Å²) < 4.78 is 3.92. The molecule has 2 aromatic carbocycles. The van der Waals surface area contributed by atoms with Gasteiger partial charge in [-0.05, 0) is 99.3 Å². The highest BCUT2D eigenvalue weighted by molar-refractivity contribution is 6.03. The van der Waals surface area contributed by atoms with Crippen molar-refractivity contribution in [1.29, 1.82) is 0 Å². The van der Waals surface area contributed by atoms with Gasteiger partial charge in [0, 0.05) is 76.6 Å². The molecule has 0 saturated heterocycles. The van der Waals surface area contributed by atoms with E-state index in [0.717, 1.165) is 127 Å². The van der Waals surface area contributed by atoms with Crippen LogP contribution in [0.3, 0.4) is 0 Å². The van der Waals surface area contributed by atoms with Gasteiger partial charge < -0.3 is 24.5 Å². The Morgan fingerprint density at radius 2 is 1.44 bits per heavy atom. The van der Waals surface area contributed by atoms with Crippen molar-refractivity contribution in [1.82, 2.24) is 28.9 Å². The number of carboxylic acids is 1. The highest BCUT2D eigenvalue weighted by Gasteiger charge is 2.29. The van der Waals surface area contributed by atoms with Crippen molar-refractivity contribution in [2.24, 2.45) is 25.9 Å². The zero-order chi connectivity index (χ0) is 36.7. The summed E-state index contributed by atoms with van der Waals surface area (Å²) in [7, 11) is 5.96. The minimum Gasteiger partial charge on any atom is -0.481 e. The third-order valence-corrected chi connectivity index (χ3v) is 12.0. The minimum absolute atomic E-state index is 0.0123. The summed E-state index contributed by atoms with van der Waals surface area (Å²) in [5.74, 6) is 0.445. The van der Waals surface area contributed by atoms with Crippen molar-refractivity contribution in [3.8, 4) is 11.1 Å². The number of amides is 1. The van der Waals surface area contributed by atoms with Gasteiger partial charge >= 0.3 is 5.97 Å². The van der Waals surface area contributed by atoms with Gasteiger partial charge in [-0.3, -0.25) is 19.3 Å². The predicted octanol–water partition coefficient (Wildman–Crippen LogP) is 5.74. The minimum atomic E-state index is -0.655. The van der Waals surface area contributed by atoms with Crippen molar-refractivity contribution < 1.29 is 19.5 Å². The maximum Gasteiger partial charge on any atom is 0.306 e. The van der Waals surface area contributed by atoms with Gasteiger partial charge in [-0.1, -0.05) is 30.3 Å². The van der Waals surface area contributed by atoms with Crippen LogP contribution in [0.1, 0.15) is 92.8 Å². The number of carbonyl (C=O) groups is 3. The number of aromatic nitrogens is 4. The lowest BCUT2D eigenvalue weighted by Gasteiger charge is -2.30. The standard InChI is InChI=1S/C41H51N7O4/c1-25-29(22-37(49)38-42-33-23-45(3)19-17-35(33)46(38)4)8-6-9-30(25)31-10-7-11-32(26(31)2)44-40(50)39-43-34-24-48(21-18-36(34)47(39)5)20-16-27-12-14-28(15-13-27)41(51)52/h6-11,27-28H,12-24H2,1-5H3,(H,44,50)(H,51,52). The number of benzene rings is 2.